The molecule has 0 N–H and O–H groups in total. The number of rotatable bonds is 6. The topological polar surface area (TPSA) is 62.7 Å². The first kappa shape index (κ1) is 16.8. The van der Waals surface area contributed by atoms with E-state index in [-0.39, 0.29) is 0 Å². The molecular weight excluding hydrogens is 320 g/mol. The summed E-state index contributed by atoms with van der Waals surface area (Å²) in [4.78, 5) is 0. The standard InChI is InChI=1S/C19H20N2O4/c1-22-16-6-5-12(8-17(16)23-2)7-15-14-10-19(25-4)18(24-3)9-13(14)11-20-21-15/h5-6,8-11H,7H2,1-4H3. The Morgan fingerprint density at radius 3 is 2.08 bits per heavy atom. The van der Waals surface area contributed by atoms with E-state index >= 15 is 0 Å². The van der Waals surface area contributed by atoms with Crippen LogP contribution >= 0.6 is 0 Å². The van der Waals surface area contributed by atoms with Crippen molar-refractivity contribution >= 4 is 10.8 Å². The number of hydrogen-bond acceptors (Lipinski definition) is 6. The number of benzene rings is 2. The summed E-state index contributed by atoms with van der Waals surface area (Å²) >= 11 is 0. The van der Waals surface area contributed by atoms with Crippen LogP contribution in [0.3, 0.4) is 0 Å². The summed E-state index contributed by atoms with van der Waals surface area (Å²) in [6.45, 7) is 0. The molecule has 2 aromatic carbocycles. The minimum absolute atomic E-state index is 0.611. The van der Waals surface area contributed by atoms with E-state index in [1.165, 1.54) is 0 Å². The molecule has 1 heterocycles. The van der Waals surface area contributed by atoms with Crippen LogP contribution in [0.5, 0.6) is 23.0 Å². The van der Waals surface area contributed by atoms with Gasteiger partial charge in [-0.1, -0.05) is 6.07 Å². The Hall–Kier alpha value is -3.02. The van der Waals surface area contributed by atoms with Crippen LogP contribution in [0.2, 0.25) is 0 Å². The summed E-state index contributed by atoms with van der Waals surface area (Å²) in [6, 6.07) is 9.65. The van der Waals surface area contributed by atoms with Crippen LogP contribution < -0.4 is 18.9 Å². The Morgan fingerprint density at radius 1 is 0.760 bits per heavy atom. The van der Waals surface area contributed by atoms with Crippen LogP contribution in [-0.2, 0) is 6.42 Å². The zero-order valence-corrected chi connectivity index (χ0v) is 14.7. The van der Waals surface area contributed by atoms with Crippen molar-refractivity contribution in [3.8, 4) is 23.0 Å². The van der Waals surface area contributed by atoms with Gasteiger partial charge in [-0.3, -0.25) is 0 Å². The third-order valence-electron chi connectivity index (χ3n) is 4.06. The van der Waals surface area contributed by atoms with Gasteiger partial charge in [-0.05, 0) is 29.8 Å². The minimum Gasteiger partial charge on any atom is -0.493 e. The van der Waals surface area contributed by atoms with E-state index in [4.69, 9.17) is 18.9 Å². The fourth-order valence-electron chi connectivity index (χ4n) is 2.78. The van der Waals surface area contributed by atoms with E-state index in [2.05, 4.69) is 10.2 Å². The maximum atomic E-state index is 5.41. The fraction of sp³-hybridized carbons (Fsp3) is 0.263. The molecule has 0 spiro atoms. The molecule has 0 saturated heterocycles. The van der Waals surface area contributed by atoms with E-state index in [1.54, 1.807) is 34.6 Å². The van der Waals surface area contributed by atoms with E-state index in [1.807, 2.05) is 30.3 Å². The molecule has 0 aliphatic carbocycles. The molecule has 0 aliphatic rings. The van der Waals surface area contributed by atoms with Crippen molar-refractivity contribution in [2.24, 2.45) is 0 Å². The van der Waals surface area contributed by atoms with Crippen molar-refractivity contribution in [1.29, 1.82) is 0 Å². The normalized spacial score (nSPS) is 10.6. The summed E-state index contributed by atoms with van der Waals surface area (Å²) in [7, 11) is 6.47. The average Bonchev–Trinajstić information content (AvgIpc) is 2.66. The number of fused-ring (bicyclic) bond motifs is 1. The lowest BCUT2D eigenvalue weighted by Crippen LogP contribution is -1.99. The number of methoxy groups -OCH3 is 4. The molecule has 6 nitrogen and oxygen atoms in total. The van der Waals surface area contributed by atoms with Crippen LogP contribution in [0.25, 0.3) is 10.8 Å². The average molecular weight is 340 g/mol. The first-order valence-electron chi connectivity index (χ1n) is 7.77. The Labute approximate surface area is 146 Å². The van der Waals surface area contributed by atoms with Gasteiger partial charge in [0.25, 0.3) is 0 Å². The molecule has 6 heteroatoms. The van der Waals surface area contributed by atoms with Crippen molar-refractivity contribution in [2.45, 2.75) is 6.42 Å². The summed E-state index contributed by atoms with van der Waals surface area (Å²) < 4.78 is 21.4. The summed E-state index contributed by atoms with van der Waals surface area (Å²) in [5, 5.41) is 10.3. The van der Waals surface area contributed by atoms with Gasteiger partial charge < -0.3 is 18.9 Å². The third kappa shape index (κ3) is 3.28. The van der Waals surface area contributed by atoms with Crippen molar-refractivity contribution in [3.63, 3.8) is 0 Å². The molecule has 1 aromatic heterocycles. The first-order valence-corrected chi connectivity index (χ1v) is 7.77. The molecule has 0 atom stereocenters. The smallest absolute Gasteiger partial charge is 0.161 e. The van der Waals surface area contributed by atoms with E-state index < -0.39 is 0 Å². The van der Waals surface area contributed by atoms with Gasteiger partial charge in [-0.25, -0.2) is 0 Å². The second-order valence-corrected chi connectivity index (χ2v) is 5.45. The molecule has 3 aromatic rings. The maximum Gasteiger partial charge on any atom is 0.161 e. The maximum absolute atomic E-state index is 5.41. The van der Waals surface area contributed by atoms with Gasteiger partial charge in [0, 0.05) is 17.2 Å². The number of hydrogen-bond donors (Lipinski definition) is 0. The first-order chi connectivity index (χ1) is 12.2. The van der Waals surface area contributed by atoms with Gasteiger partial charge in [0.15, 0.2) is 23.0 Å². The quantitative estimate of drug-likeness (QED) is 0.686. The van der Waals surface area contributed by atoms with Gasteiger partial charge in [-0.15, -0.1) is 0 Å². The highest BCUT2D eigenvalue weighted by Gasteiger charge is 2.12. The zero-order valence-electron chi connectivity index (χ0n) is 14.7. The largest absolute Gasteiger partial charge is 0.493 e. The van der Waals surface area contributed by atoms with Crippen molar-refractivity contribution in [3.05, 3.63) is 47.8 Å². The monoisotopic (exact) mass is 340 g/mol. The lowest BCUT2D eigenvalue weighted by Gasteiger charge is -2.12. The van der Waals surface area contributed by atoms with Crippen molar-refractivity contribution in [2.75, 3.05) is 28.4 Å². The molecule has 0 aliphatic heterocycles. The highest BCUT2D eigenvalue weighted by molar-refractivity contribution is 5.87. The molecule has 0 amide bonds. The molecule has 0 radical (unpaired) electrons. The van der Waals surface area contributed by atoms with Gasteiger partial charge in [0.2, 0.25) is 0 Å². The van der Waals surface area contributed by atoms with E-state index in [9.17, 15) is 0 Å². The third-order valence-corrected chi connectivity index (χ3v) is 4.06. The lowest BCUT2D eigenvalue weighted by molar-refractivity contribution is 0.354. The fourth-order valence-corrected chi connectivity index (χ4v) is 2.78. The molecule has 0 bridgehead atoms. The molecule has 0 unspecified atom stereocenters. The highest BCUT2D eigenvalue weighted by atomic mass is 16.5. The van der Waals surface area contributed by atoms with Crippen LogP contribution in [0.15, 0.2) is 36.5 Å². The van der Waals surface area contributed by atoms with Gasteiger partial charge in [-0.2, -0.15) is 10.2 Å². The summed E-state index contributed by atoms with van der Waals surface area (Å²) in [5.74, 6) is 2.71. The van der Waals surface area contributed by atoms with Gasteiger partial charge >= 0.3 is 0 Å². The van der Waals surface area contributed by atoms with Crippen LogP contribution in [0, 0.1) is 0 Å². The zero-order chi connectivity index (χ0) is 17.8. The molecule has 130 valence electrons. The van der Waals surface area contributed by atoms with E-state index in [0.29, 0.717) is 29.4 Å². The van der Waals surface area contributed by atoms with Gasteiger partial charge in [0.1, 0.15) is 0 Å². The SMILES string of the molecule is COc1ccc(Cc2nncc3cc(OC)c(OC)cc23)cc1OC. The molecule has 0 fully saturated rings. The predicted molar refractivity (Wildman–Crippen MR) is 95.0 cm³/mol. The minimum atomic E-state index is 0.611. The number of aromatic nitrogens is 2. The summed E-state index contributed by atoms with van der Waals surface area (Å²) in [6.07, 6.45) is 2.33. The number of nitrogens with zero attached hydrogens (tertiary/aromatic N) is 2. The van der Waals surface area contributed by atoms with Crippen molar-refractivity contribution < 1.29 is 18.9 Å². The lowest BCUT2D eigenvalue weighted by atomic mass is 10.0. The summed E-state index contributed by atoms with van der Waals surface area (Å²) in [5.41, 5.74) is 1.90. The Kier molecular flexibility index (Phi) is 4.88. The molecule has 25 heavy (non-hydrogen) atoms. The van der Waals surface area contributed by atoms with Crippen molar-refractivity contribution in [1.82, 2.24) is 10.2 Å². The molecular formula is C19H20N2O4. The van der Waals surface area contributed by atoms with Crippen LogP contribution in [0.1, 0.15) is 11.3 Å². The molecule has 0 saturated carbocycles. The Bertz CT molecular complexity index is 896. The Morgan fingerprint density at radius 2 is 1.40 bits per heavy atom. The number of ether oxygens (including phenoxy) is 4. The Balaban J connectivity index is 2.04. The second kappa shape index (κ2) is 7.25. The van der Waals surface area contributed by atoms with Gasteiger partial charge in [0.05, 0.1) is 40.3 Å². The van der Waals surface area contributed by atoms with E-state index in [0.717, 1.165) is 22.0 Å². The van der Waals surface area contributed by atoms with Crippen LogP contribution in [-0.4, -0.2) is 38.6 Å². The van der Waals surface area contributed by atoms with Crippen LogP contribution in [0.4, 0.5) is 0 Å². The highest BCUT2D eigenvalue weighted by Crippen LogP contribution is 2.34. The predicted octanol–water partition coefficient (Wildman–Crippen LogP) is 3.26. The molecule has 3 rings (SSSR count). The second-order valence-electron chi connectivity index (χ2n) is 5.45.